The van der Waals surface area contributed by atoms with Crippen LogP contribution in [0.15, 0.2) is 48.5 Å². The summed E-state index contributed by atoms with van der Waals surface area (Å²) in [5, 5.41) is 2.75. The molecular weight excluding hydrogens is 346 g/mol. The molecule has 6 nitrogen and oxygen atoms in total. The third-order valence-electron chi connectivity index (χ3n) is 3.92. The lowest BCUT2D eigenvalue weighted by atomic mass is 10.1. The van der Waals surface area contributed by atoms with E-state index in [0.29, 0.717) is 22.6 Å². The zero-order chi connectivity index (χ0) is 20.0. The number of rotatable bonds is 7. The number of anilines is 1. The molecule has 0 saturated heterocycles. The van der Waals surface area contributed by atoms with Crippen LogP contribution in [0, 0.1) is 5.92 Å². The summed E-state index contributed by atoms with van der Waals surface area (Å²) in [6, 6.07) is 13.0. The zero-order valence-corrected chi connectivity index (χ0v) is 15.8. The molecule has 0 saturated carbocycles. The van der Waals surface area contributed by atoms with Gasteiger partial charge in [0.1, 0.15) is 5.75 Å². The lowest BCUT2D eigenvalue weighted by Crippen LogP contribution is -2.24. The Bertz CT molecular complexity index is 827. The maximum atomic E-state index is 12.5. The average molecular weight is 369 g/mol. The van der Waals surface area contributed by atoms with E-state index >= 15 is 0 Å². The molecule has 1 unspecified atom stereocenters. The second-order valence-corrected chi connectivity index (χ2v) is 6.37. The van der Waals surface area contributed by atoms with Crippen molar-refractivity contribution in [2.45, 2.75) is 26.9 Å². The number of nitrogens with one attached hydrogen (secondary N) is 1. The highest BCUT2D eigenvalue weighted by Gasteiger charge is 2.21. The molecule has 2 aromatic carbocycles. The number of Topliss-reactive ketones (excluding diaryl/α,β-unsaturated/α-hetero) is 1. The van der Waals surface area contributed by atoms with Gasteiger partial charge >= 0.3 is 5.97 Å². The summed E-state index contributed by atoms with van der Waals surface area (Å²) in [5.74, 6) is -0.636. The van der Waals surface area contributed by atoms with E-state index in [0.717, 1.165) is 0 Å². The molecule has 0 spiro atoms. The first kappa shape index (κ1) is 20.2. The van der Waals surface area contributed by atoms with E-state index in [1.807, 2.05) is 0 Å². The van der Waals surface area contributed by atoms with Gasteiger partial charge in [0.2, 0.25) is 11.7 Å². The van der Waals surface area contributed by atoms with Gasteiger partial charge in [-0.2, -0.15) is 0 Å². The molecule has 2 aromatic rings. The van der Waals surface area contributed by atoms with Crippen molar-refractivity contribution in [3.8, 4) is 5.75 Å². The van der Waals surface area contributed by atoms with Crippen molar-refractivity contribution in [2.24, 2.45) is 5.92 Å². The Morgan fingerprint density at radius 3 is 2.19 bits per heavy atom. The van der Waals surface area contributed by atoms with Gasteiger partial charge in [-0.1, -0.05) is 19.9 Å². The second-order valence-electron chi connectivity index (χ2n) is 6.37. The first-order valence-corrected chi connectivity index (χ1v) is 8.62. The Morgan fingerprint density at radius 1 is 0.926 bits per heavy atom. The van der Waals surface area contributed by atoms with Crippen LogP contribution in [0.1, 0.15) is 41.5 Å². The summed E-state index contributed by atoms with van der Waals surface area (Å²) in [7, 11) is 1.50. The summed E-state index contributed by atoms with van der Waals surface area (Å²) in [6.07, 6.45) is -0.945. The van der Waals surface area contributed by atoms with Gasteiger partial charge < -0.3 is 14.8 Å². The minimum Gasteiger partial charge on any atom is -0.497 e. The van der Waals surface area contributed by atoms with Gasteiger partial charge in [-0.05, 0) is 49.4 Å². The lowest BCUT2D eigenvalue weighted by Gasteiger charge is -2.13. The molecule has 0 aliphatic rings. The smallest absolute Gasteiger partial charge is 0.338 e. The van der Waals surface area contributed by atoms with Crippen LogP contribution in [-0.2, 0) is 9.53 Å². The lowest BCUT2D eigenvalue weighted by molar-refractivity contribution is -0.118. The fourth-order valence-corrected chi connectivity index (χ4v) is 2.27. The third kappa shape index (κ3) is 5.41. The van der Waals surface area contributed by atoms with Crippen molar-refractivity contribution in [2.75, 3.05) is 12.4 Å². The van der Waals surface area contributed by atoms with Crippen LogP contribution in [0.25, 0.3) is 0 Å². The standard InChI is InChI=1S/C21H23NO5/c1-13(2)20(24)22-17-10-8-15(9-11-17)19(23)14(3)27-21(25)16-6-5-7-18(12-16)26-4/h5-14H,1-4H3,(H,22,24). The van der Waals surface area contributed by atoms with E-state index in [-0.39, 0.29) is 17.6 Å². The molecule has 0 heterocycles. The van der Waals surface area contributed by atoms with Crippen LogP contribution in [0.4, 0.5) is 5.69 Å². The maximum Gasteiger partial charge on any atom is 0.338 e. The molecule has 0 aliphatic carbocycles. The van der Waals surface area contributed by atoms with Gasteiger partial charge in [0.15, 0.2) is 6.10 Å². The van der Waals surface area contributed by atoms with Crippen LogP contribution in [0.3, 0.4) is 0 Å². The molecule has 0 bridgehead atoms. The van der Waals surface area contributed by atoms with Gasteiger partial charge in [0, 0.05) is 17.2 Å². The molecular formula is C21H23NO5. The molecule has 1 atom stereocenters. The van der Waals surface area contributed by atoms with Crippen molar-refractivity contribution < 1.29 is 23.9 Å². The van der Waals surface area contributed by atoms with Gasteiger partial charge in [-0.25, -0.2) is 4.79 Å². The molecule has 0 aromatic heterocycles. The number of esters is 1. The van der Waals surface area contributed by atoms with E-state index in [2.05, 4.69) is 5.32 Å². The summed E-state index contributed by atoms with van der Waals surface area (Å²) in [4.78, 5) is 36.4. The zero-order valence-electron chi connectivity index (χ0n) is 15.8. The Kier molecular flexibility index (Phi) is 6.71. The predicted octanol–water partition coefficient (Wildman–Crippen LogP) is 3.72. The van der Waals surface area contributed by atoms with Gasteiger partial charge in [0.25, 0.3) is 0 Å². The van der Waals surface area contributed by atoms with Crippen molar-refractivity contribution in [3.63, 3.8) is 0 Å². The van der Waals surface area contributed by atoms with Crippen molar-refractivity contribution in [3.05, 3.63) is 59.7 Å². The molecule has 27 heavy (non-hydrogen) atoms. The van der Waals surface area contributed by atoms with E-state index in [9.17, 15) is 14.4 Å². The Balaban J connectivity index is 2.01. The molecule has 0 radical (unpaired) electrons. The molecule has 1 amide bonds. The highest BCUT2D eigenvalue weighted by molar-refractivity contribution is 6.02. The minimum atomic E-state index is -0.945. The first-order chi connectivity index (χ1) is 12.8. The third-order valence-corrected chi connectivity index (χ3v) is 3.92. The van der Waals surface area contributed by atoms with Crippen molar-refractivity contribution in [1.29, 1.82) is 0 Å². The Labute approximate surface area is 158 Å². The second kappa shape index (κ2) is 8.98. The van der Waals surface area contributed by atoms with Crippen LogP contribution in [0.5, 0.6) is 5.75 Å². The molecule has 142 valence electrons. The maximum absolute atomic E-state index is 12.5. The molecule has 6 heteroatoms. The summed E-state index contributed by atoms with van der Waals surface area (Å²) < 4.78 is 10.3. The number of carbonyl (C=O) groups excluding carboxylic acids is 3. The summed E-state index contributed by atoms with van der Waals surface area (Å²) in [5.41, 5.74) is 1.30. The van der Waals surface area contributed by atoms with E-state index in [1.54, 1.807) is 62.4 Å². The van der Waals surface area contributed by atoms with E-state index in [1.165, 1.54) is 14.0 Å². The quantitative estimate of drug-likeness (QED) is 0.594. The predicted molar refractivity (Wildman–Crippen MR) is 102 cm³/mol. The molecule has 2 rings (SSSR count). The monoisotopic (exact) mass is 369 g/mol. The normalized spacial score (nSPS) is 11.6. The first-order valence-electron chi connectivity index (χ1n) is 8.62. The fourth-order valence-electron chi connectivity index (χ4n) is 2.27. The molecule has 0 fully saturated rings. The molecule has 1 N–H and O–H groups in total. The number of methoxy groups -OCH3 is 1. The van der Waals surface area contributed by atoms with Crippen LogP contribution in [0.2, 0.25) is 0 Å². The summed E-state index contributed by atoms with van der Waals surface area (Å²) >= 11 is 0. The number of hydrogen-bond donors (Lipinski definition) is 1. The Hall–Kier alpha value is -3.15. The van der Waals surface area contributed by atoms with Crippen molar-refractivity contribution >= 4 is 23.3 Å². The van der Waals surface area contributed by atoms with Crippen molar-refractivity contribution in [1.82, 2.24) is 0 Å². The van der Waals surface area contributed by atoms with E-state index in [4.69, 9.17) is 9.47 Å². The number of amides is 1. The van der Waals surface area contributed by atoms with Crippen LogP contribution in [-0.4, -0.2) is 30.9 Å². The number of ketones is 1. The minimum absolute atomic E-state index is 0.102. The largest absolute Gasteiger partial charge is 0.497 e. The number of ether oxygens (including phenoxy) is 2. The number of hydrogen-bond acceptors (Lipinski definition) is 5. The highest BCUT2D eigenvalue weighted by atomic mass is 16.5. The SMILES string of the molecule is COc1cccc(C(=O)OC(C)C(=O)c2ccc(NC(=O)C(C)C)cc2)c1. The van der Waals surface area contributed by atoms with Gasteiger partial charge in [-0.3, -0.25) is 9.59 Å². The van der Waals surface area contributed by atoms with E-state index < -0.39 is 12.1 Å². The van der Waals surface area contributed by atoms with Gasteiger partial charge in [-0.15, -0.1) is 0 Å². The Morgan fingerprint density at radius 2 is 1.59 bits per heavy atom. The fraction of sp³-hybridized carbons (Fsp3) is 0.286. The van der Waals surface area contributed by atoms with Gasteiger partial charge in [0.05, 0.1) is 12.7 Å². The topological polar surface area (TPSA) is 81.7 Å². The van der Waals surface area contributed by atoms with Crippen LogP contribution >= 0.6 is 0 Å². The average Bonchev–Trinajstić information content (AvgIpc) is 2.67. The highest BCUT2D eigenvalue weighted by Crippen LogP contribution is 2.16. The number of benzene rings is 2. The molecule has 0 aliphatic heterocycles. The number of carbonyl (C=O) groups is 3. The van der Waals surface area contributed by atoms with Crippen LogP contribution < -0.4 is 10.1 Å². The summed E-state index contributed by atoms with van der Waals surface area (Å²) in [6.45, 7) is 5.12.